The molecule has 0 amide bonds. The summed E-state index contributed by atoms with van der Waals surface area (Å²) in [6.45, 7) is 10.7. The fourth-order valence-electron chi connectivity index (χ4n) is 2.76. The second-order valence-electron chi connectivity index (χ2n) is 7.72. The van der Waals surface area contributed by atoms with Crippen LogP contribution in [0.15, 0.2) is 24.3 Å². The van der Waals surface area contributed by atoms with Gasteiger partial charge >= 0.3 is 11.9 Å². The summed E-state index contributed by atoms with van der Waals surface area (Å²) in [5.74, 6) is -0.942. The van der Waals surface area contributed by atoms with Crippen LogP contribution in [0.1, 0.15) is 87.4 Å². The molecule has 1 atom stereocenters. The first-order valence-electron chi connectivity index (χ1n) is 9.21. The second kappa shape index (κ2) is 10.2. The molecule has 25 heavy (non-hydrogen) atoms. The average molecular weight is 348 g/mol. The Morgan fingerprint density at radius 3 is 2.16 bits per heavy atom. The van der Waals surface area contributed by atoms with Crippen molar-refractivity contribution in [3.8, 4) is 0 Å². The molecule has 0 aliphatic rings. The molecular weight excluding hydrogens is 316 g/mol. The first-order valence-corrected chi connectivity index (χ1v) is 9.21. The Balaban J connectivity index is 2.68. The largest absolute Gasteiger partial charge is 0.462 e. The van der Waals surface area contributed by atoms with Crippen molar-refractivity contribution in [2.75, 3.05) is 6.61 Å². The molecule has 0 spiro atoms. The van der Waals surface area contributed by atoms with Gasteiger partial charge in [-0.3, -0.25) is 0 Å². The topological polar surface area (TPSA) is 52.6 Å². The molecule has 0 saturated carbocycles. The van der Waals surface area contributed by atoms with Crippen LogP contribution in [0.25, 0.3) is 0 Å². The van der Waals surface area contributed by atoms with Crippen molar-refractivity contribution >= 4 is 11.9 Å². The first kappa shape index (κ1) is 21.2. The maximum Gasteiger partial charge on any atom is 0.339 e. The van der Waals surface area contributed by atoms with Gasteiger partial charge in [0.2, 0.25) is 0 Å². The summed E-state index contributed by atoms with van der Waals surface area (Å²) in [7, 11) is 0. The molecule has 0 aliphatic heterocycles. The van der Waals surface area contributed by atoms with E-state index in [1.807, 2.05) is 6.92 Å². The third kappa shape index (κ3) is 8.19. The molecule has 1 unspecified atom stereocenters. The van der Waals surface area contributed by atoms with E-state index in [2.05, 4.69) is 27.7 Å². The summed E-state index contributed by atoms with van der Waals surface area (Å²) in [6.07, 6.45) is 4.68. The molecular formula is C21H32O4. The Bertz CT molecular complexity index is 557. The molecule has 1 rings (SSSR count). The zero-order valence-corrected chi connectivity index (χ0v) is 16.3. The number of esters is 2. The van der Waals surface area contributed by atoms with Crippen molar-refractivity contribution in [2.45, 2.75) is 72.8 Å². The van der Waals surface area contributed by atoms with Crippen molar-refractivity contribution in [3.05, 3.63) is 35.4 Å². The van der Waals surface area contributed by atoms with Gasteiger partial charge in [-0.15, -0.1) is 0 Å². The molecule has 1 aromatic rings. The van der Waals surface area contributed by atoms with E-state index in [1.54, 1.807) is 24.3 Å². The molecule has 0 fully saturated rings. The highest BCUT2D eigenvalue weighted by molar-refractivity contribution is 6.03. The van der Waals surface area contributed by atoms with Gasteiger partial charge in [0, 0.05) is 0 Å². The molecule has 0 heterocycles. The smallest absolute Gasteiger partial charge is 0.339 e. The maximum atomic E-state index is 12.5. The Morgan fingerprint density at radius 1 is 1.00 bits per heavy atom. The van der Waals surface area contributed by atoms with Crippen molar-refractivity contribution in [1.82, 2.24) is 0 Å². The minimum atomic E-state index is -0.477. The summed E-state index contributed by atoms with van der Waals surface area (Å²) in [5, 5.41) is 0. The molecule has 0 radical (unpaired) electrons. The summed E-state index contributed by atoms with van der Waals surface area (Å²) in [5.41, 5.74) is 0.601. The lowest BCUT2D eigenvalue weighted by molar-refractivity contribution is 0.0244. The normalized spacial score (nSPS) is 12.5. The lowest BCUT2D eigenvalue weighted by Gasteiger charge is -2.23. The van der Waals surface area contributed by atoms with Gasteiger partial charge < -0.3 is 9.47 Å². The van der Waals surface area contributed by atoms with Gasteiger partial charge in [-0.25, -0.2) is 9.59 Å². The van der Waals surface area contributed by atoms with E-state index < -0.39 is 11.9 Å². The minimum absolute atomic E-state index is 0.0661. The Kier molecular flexibility index (Phi) is 8.67. The van der Waals surface area contributed by atoms with Gasteiger partial charge in [0.25, 0.3) is 0 Å². The van der Waals surface area contributed by atoms with Crippen molar-refractivity contribution in [3.63, 3.8) is 0 Å². The van der Waals surface area contributed by atoms with E-state index in [0.29, 0.717) is 6.61 Å². The quantitative estimate of drug-likeness (QED) is 0.442. The number of unbranched alkanes of at least 4 members (excludes halogenated alkanes) is 3. The van der Waals surface area contributed by atoms with Crippen LogP contribution in [0, 0.1) is 5.41 Å². The van der Waals surface area contributed by atoms with Crippen LogP contribution in [-0.4, -0.2) is 24.6 Å². The fraction of sp³-hybridized carbons (Fsp3) is 0.619. The van der Waals surface area contributed by atoms with Crippen LogP contribution in [0.2, 0.25) is 0 Å². The van der Waals surface area contributed by atoms with Crippen LogP contribution in [-0.2, 0) is 9.47 Å². The fourth-order valence-corrected chi connectivity index (χ4v) is 2.76. The van der Waals surface area contributed by atoms with Crippen molar-refractivity contribution < 1.29 is 19.1 Å². The molecule has 4 heteroatoms. The van der Waals surface area contributed by atoms with E-state index in [1.165, 1.54) is 0 Å². The van der Waals surface area contributed by atoms with E-state index in [-0.39, 0.29) is 22.6 Å². The number of carbonyl (C=O) groups is 2. The standard InChI is InChI=1S/C21H32O4/c1-6-7-8-11-14-24-19(22)17-12-9-10-13-18(17)20(23)25-16(2)15-21(3,4)5/h9-10,12-13,16H,6-8,11,14-15H2,1-5H3. The van der Waals surface area contributed by atoms with Gasteiger partial charge in [-0.1, -0.05) is 59.1 Å². The molecule has 0 bridgehead atoms. The van der Waals surface area contributed by atoms with Gasteiger partial charge in [-0.2, -0.15) is 0 Å². The molecule has 0 aliphatic carbocycles. The van der Waals surface area contributed by atoms with E-state index in [9.17, 15) is 9.59 Å². The third-order valence-corrected chi connectivity index (χ3v) is 3.81. The summed E-state index contributed by atoms with van der Waals surface area (Å²) in [6, 6.07) is 6.67. The van der Waals surface area contributed by atoms with Crippen LogP contribution in [0.4, 0.5) is 0 Å². The summed E-state index contributed by atoms with van der Waals surface area (Å²) >= 11 is 0. The Labute approximate surface area is 151 Å². The predicted molar refractivity (Wildman–Crippen MR) is 99.8 cm³/mol. The lowest BCUT2D eigenvalue weighted by atomic mass is 9.90. The first-order chi connectivity index (χ1) is 11.7. The number of benzene rings is 1. The lowest BCUT2D eigenvalue weighted by Crippen LogP contribution is -2.23. The molecule has 4 nitrogen and oxygen atoms in total. The molecule has 1 aromatic carbocycles. The number of ether oxygens (including phenoxy) is 2. The van der Waals surface area contributed by atoms with E-state index in [4.69, 9.17) is 9.47 Å². The van der Waals surface area contributed by atoms with Crippen LogP contribution in [0.3, 0.4) is 0 Å². The molecule has 0 saturated heterocycles. The van der Waals surface area contributed by atoms with Gasteiger partial charge in [0.1, 0.15) is 0 Å². The van der Waals surface area contributed by atoms with Gasteiger partial charge in [0.05, 0.1) is 23.8 Å². The monoisotopic (exact) mass is 348 g/mol. The van der Waals surface area contributed by atoms with E-state index in [0.717, 1.165) is 32.1 Å². The predicted octanol–water partition coefficient (Wildman–Crippen LogP) is 5.41. The minimum Gasteiger partial charge on any atom is -0.462 e. The summed E-state index contributed by atoms with van der Waals surface area (Å²) < 4.78 is 10.8. The van der Waals surface area contributed by atoms with E-state index >= 15 is 0 Å². The van der Waals surface area contributed by atoms with Gasteiger partial charge in [0.15, 0.2) is 0 Å². The summed E-state index contributed by atoms with van der Waals surface area (Å²) in [4.78, 5) is 24.7. The number of rotatable bonds is 9. The Hall–Kier alpha value is -1.84. The highest BCUT2D eigenvalue weighted by atomic mass is 16.5. The molecule has 0 aromatic heterocycles. The van der Waals surface area contributed by atoms with Crippen LogP contribution < -0.4 is 0 Å². The molecule has 140 valence electrons. The molecule has 0 N–H and O–H groups in total. The highest BCUT2D eigenvalue weighted by Crippen LogP contribution is 2.23. The number of hydrogen-bond donors (Lipinski definition) is 0. The van der Waals surface area contributed by atoms with Gasteiger partial charge in [-0.05, 0) is 37.3 Å². The zero-order chi connectivity index (χ0) is 18.9. The van der Waals surface area contributed by atoms with Crippen molar-refractivity contribution in [2.24, 2.45) is 5.41 Å². The van der Waals surface area contributed by atoms with Crippen LogP contribution >= 0.6 is 0 Å². The second-order valence-corrected chi connectivity index (χ2v) is 7.72. The zero-order valence-electron chi connectivity index (χ0n) is 16.3. The Morgan fingerprint density at radius 2 is 1.60 bits per heavy atom. The number of carbonyl (C=O) groups excluding carboxylic acids is 2. The average Bonchev–Trinajstić information content (AvgIpc) is 2.52. The highest BCUT2D eigenvalue weighted by Gasteiger charge is 2.23. The number of hydrogen-bond acceptors (Lipinski definition) is 4. The van der Waals surface area contributed by atoms with Crippen LogP contribution in [0.5, 0.6) is 0 Å². The third-order valence-electron chi connectivity index (χ3n) is 3.81. The van der Waals surface area contributed by atoms with Crippen molar-refractivity contribution in [1.29, 1.82) is 0 Å². The maximum absolute atomic E-state index is 12.5. The SMILES string of the molecule is CCCCCCOC(=O)c1ccccc1C(=O)OC(C)CC(C)(C)C.